The second kappa shape index (κ2) is 6.87. The summed E-state index contributed by atoms with van der Waals surface area (Å²) in [6.45, 7) is 1.54. The molecule has 0 radical (unpaired) electrons. The maximum atomic E-state index is 6.35. The third-order valence-corrected chi connectivity index (χ3v) is 4.21. The molecular weight excluding hydrogens is 262 g/mol. The fourth-order valence-corrected chi connectivity index (χ4v) is 2.98. The van der Waals surface area contributed by atoms with Gasteiger partial charge >= 0.3 is 0 Å². The van der Waals surface area contributed by atoms with Crippen molar-refractivity contribution in [2.24, 2.45) is 5.73 Å². The molecule has 4 heteroatoms. The van der Waals surface area contributed by atoms with Crippen LogP contribution in [0.15, 0.2) is 42.9 Å². The monoisotopic (exact) mass is 285 g/mol. The normalized spacial score (nSPS) is 17.2. The van der Waals surface area contributed by atoms with Crippen LogP contribution in [0.5, 0.6) is 0 Å². The molecule has 0 spiro atoms. The Labute approximate surface area is 125 Å². The summed E-state index contributed by atoms with van der Waals surface area (Å²) in [5, 5.41) is 0. The van der Waals surface area contributed by atoms with E-state index in [1.165, 1.54) is 25.7 Å². The third-order valence-electron chi connectivity index (χ3n) is 4.21. The highest BCUT2D eigenvalue weighted by molar-refractivity contribution is 5.26. The van der Waals surface area contributed by atoms with E-state index in [2.05, 4.69) is 21.7 Å². The van der Waals surface area contributed by atoms with Crippen LogP contribution in [0, 0.1) is 0 Å². The van der Waals surface area contributed by atoms with E-state index in [0.717, 1.165) is 24.4 Å². The number of imidazole rings is 1. The average Bonchev–Trinajstić information content (AvgIpc) is 3.19. The second-order valence-electron chi connectivity index (χ2n) is 5.68. The van der Waals surface area contributed by atoms with Gasteiger partial charge in [0.15, 0.2) is 0 Å². The van der Waals surface area contributed by atoms with Crippen molar-refractivity contribution in [1.82, 2.24) is 9.55 Å². The summed E-state index contributed by atoms with van der Waals surface area (Å²) < 4.78 is 8.03. The Bertz CT molecular complexity index is 546. The highest BCUT2D eigenvalue weighted by Crippen LogP contribution is 2.22. The first kappa shape index (κ1) is 14.3. The number of hydrogen-bond donors (Lipinski definition) is 1. The molecule has 21 heavy (non-hydrogen) atoms. The number of nitrogens with zero attached hydrogens (tertiary/aromatic N) is 2. The molecule has 0 saturated heterocycles. The van der Waals surface area contributed by atoms with Crippen molar-refractivity contribution in [1.29, 1.82) is 0 Å². The molecule has 1 saturated carbocycles. The highest BCUT2D eigenvalue weighted by Gasteiger charge is 2.16. The molecule has 0 bridgehead atoms. The van der Waals surface area contributed by atoms with E-state index in [9.17, 15) is 0 Å². The van der Waals surface area contributed by atoms with Gasteiger partial charge in [0.1, 0.15) is 0 Å². The number of hydrogen-bond acceptors (Lipinski definition) is 3. The van der Waals surface area contributed by atoms with Gasteiger partial charge in [-0.3, -0.25) is 0 Å². The van der Waals surface area contributed by atoms with Gasteiger partial charge in [-0.15, -0.1) is 0 Å². The minimum absolute atomic E-state index is 0.139. The van der Waals surface area contributed by atoms with Crippen molar-refractivity contribution >= 4 is 0 Å². The van der Waals surface area contributed by atoms with Gasteiger partial charge in [0.05, 0.1) is 37.0 Å². The predicted molar refractivity (Wildman–Crippen MR) is 82.9 cm³/mol. The molecule has 1 unspecified atom stereocenters. The molecule has 1 heterocycles. The Kier molecular flexibility index (Phi) is 4.68. The maximum Gasteiger partial charge on any atom is 0.0949 e. The molecule has 1 aliphatic rings. The van der Waals surface area contributed by atoms with Crippen LogP contribution in [0.3, 0.4) is 0 Å². The van der Waals surface area contributed by atoms with Gasteiger partial charge in [0, 0.05) is 6.54 Å². The molecule has 0 aliphatic heterocycles. The summed E-state index contributed by atoms with van der Waals surface area (Å²) in [6.07, 6.45) is 9.18. The first-order valence-corrected chi connectivity index (χ1v) is 7.77. The van der Waals surface area contributed by atoms with E-state index < -0.39 is 0 Å². The first-order chi connectivity index (χ1) is 10.3. The van der Waals surface area contributed by atoms with E-state index in [0.29, 0.717) is 6.10 Å². The molecule has 112 valence electrons. The van der Waals surface area contributed by atoms with E-state index in [-0.39, 0.29) is 6.04 Å². The van der Waals surface area contributed by atoms with Crippen LogP contribution in [0.25, 0.3) is 0 Å². The Morgan fingerprint density at radius 2 is 2.00 bits per heavy atom. The minimum Gasteiger partial charge on any atom is -0.376 e. The van der Waals surface area contributed by atoms with Crippen molar-refractivity contribution in [2.45, 2.75) is 44.4 Å². The highest BCUT2D eigenvalue weighted by atomic mass is 16.5. The summed E-state index contributed by atoms with van der Waals surface area (Å²) in [4.78, 5) is 4.25. The fraction of sp³-hybridized carbons (Fsp3) is 0.471. The Morgan fingerprint density at radius 3 is 2.76 bits per heavy atom. The van der Waals surface area contributed by atoms with Crippen molar-refractivity contribution < 1.29 is 4.74 Å². The van der Waals surface area contributed by atoms with Gasteiger partial charge in [-0.2, -0.15) is 0 Å². The third kappa shape index (κ3) is 3.52. The van der Waals surface area contributed by atoms with Crippen LogP contribution >= 0.6 is 0 Å². The van der Waals surface area contributed by atoms with Crippen LogP contribution in [-0.2, 0) is 11.3 Å². The topological polar surface area (TPSA) is 53.1 Å². The standard InChI is InChI=1S/C17H23N3O/c18-17(14-6-2-1-3-7-14)16-12-19-13-20(16)10-11-21-15-8-4-5-9-15/h1-3,6-7,12-13,15,17H,4-5,8-11,18H2. The van der Waals surface area contributed by atoms with Crippen LogP contribution in [-0.4, -0.2) is 22.3 Å². The fourth-order valence-electron chi connectivity index (χ4n) is 2.98. The lowest BCUT2D eigenvalue weighted by Crippen LogP contribution is -2.19. The zero-order chi connectivity index (χ0) is 14.5. The molecule has 3 rings (SSSR count). The van der Waals surface area contributed by atoms with Crippen molar-refractivity contribution in [3.05, 3.63) is 54.1 Å². The van der Waals surface area contributed by atoms with Gasteiger partial charge in [0.25, 0.3) is 0 Å². The number of benzene rings is 1. The lowest BCUT2D eigenvalue weighted by Gasteiger charge is -2.16. The summed E-state index contributed by atoms with van der Waals surface area (Å²) >= 11 is 0. The van der Waals surface area contributed by atoms with Gasteiger partial charge in [-0.1, -0.05) is 43.2 Å². The number of aromatic nitrogens is 2. The smallest absolute Gasteiger partial charge is 0.0949 e. The molecule has 1 aliphatic carbocycles. The second-order valence-corrected chi connectivity index (χ2v) is 5.68. The molecule has 0 amide bonds. The Morgan fingerprint density at radius 1 is 1.24 bits per heavy atom. The van der Waals surface area contributed by atoms with E-state index in [1.54, 1.807) is 0 Å². The molecule has 1 atom stereocenters. The largest absolute Gasteiger partial charge is 0.376 e. The van der Waals surface area contributed by atoms with Gasteiger partial charge < -0.3 is 15.0 Å². The zero-order valence-electron chi connectivity index (χ0n) is 12.3. The van der Waals surface area contributed by atoms with Crippen LogP contribution in [0.4, 0.5) is 0 Å². The summed E-state index contributed by atoms with van der Waals surface area (Å²) in [5.74, 6) is 0. The lowest BCUT2D eigenvalue weighted by molar-refractivity contribution is 0.0526. The molecule has 4 nitrogen and oxygen atoms in total. The van der Waals surface area contributed by atoms with Crippen LogP contribution in [0.2, 0.25) is 0 Å². The zero-order valence-corrected chi connectivity index (χ0v) is 12.3. The van der Waals surface area contributed by atoms with E-state index >= 15 is 0 Å². The minimum atomic E-state index is -0.139. The quantitative estimate of drug-likeness (QED) is 0.888. The number of ether oxygens (including phenoxy) is 1. The van der Waals surface area contributed by atoms with Gasteiger partial charge in [-0.05, 0) is 18.4 Å². The number of nitrogens with two attached hydrogens (primary N) is 1. The molecule has 2 aromatic rings. The molecule has 2 N–H and O–H groups in total. The summed E-state index contributed by atoms with van der Waals surface area (Å²) in [6, 6.07) is 10.00. The average molecular weight is 285 g/mol. The van der Waals surface area contributed by atoms with Crippen LogP contribution in [0.1, 0.15) is 43.0 Å². The molecule has 1 aromatic heterocycles. The molecule has 1 fully saturated rings. The first-order valence-electron chi connectivity index (χ1n) is 7.77. The van der Waals surface area contributed by atoms with Crippen molar-refractivity contribution in [2.75, 3.05) is 6.61 Å². The van der Waals surface area contributed by atoms with Gasteiger partial charge in [0.2, 0.25) is 0 Å². The Balaban J connectivity index is 1.60. The van der Waals surface area contributed by atoms with Crippen molar-refractivity contribution in [3.63, 3.8) is 0 Å². The van der Waals surface area contributed by atoms with E-state index in [4.69, 9.17) is 10.5 Å². The molecule has 1 aromatic carbocycles. The SMILES string of the molecule is NC(c1ccccc1)c1cncn1CCOC1CCCC1. The van der Waals surface area contributed by atoms with Gasteiger partial charge in [-0.25, -0.2) is 4.98 Å². The van der Waals surface area contributed by atoms with E-state index in [1.807, 2.05) is 30.7 Å². The van der Waals surface area contributed by atoms with Crippen LogP contribution < -0.4 is 5.73 Å². The molecular formula is C17H23N3O. The summed E-state index contributed by atoms with van der Waals surface area (Å²) in [5.41, 5.74) is 8.50. The Hall–Kier alpha value is -1.65. The van der Waals surface area contributed by atoms with Crippen molar-refractivity contribution in [3.8, 4) is 0 Å². The predicted octanol–water partition coefficient (Wildman–Crippen LogP) is 2.89. The summed E-state index contributed by atoms with van der Waals surface area (Å²) in [7, 11) is 0. The maximum absolute atomic E-state index is 6.35. The number of rotatable bonds is 6. The lowest BCUT2D eigenvalue weighted by atomic mass is 10.1.